The van der Waals surface area contributed by atoms with Gasteiger partial charge in [0.05, 0.1) is 17.7 Å². The molecule has 0 aromatic heterocycles. The summed E-state index contributed by atoms with van der Waals surface area (Å²) >= 11 is 0. The molecule has 0 unspecified atom stereocenters. The van der Waals surface area contributed by atoms with Crippen molar-refractivity contribution in [2.75, 3.05) is 13.2 Å². The Bertz CT molecular complexity index is 397. The van der Waals surface area contributed by atoms with Crippen molar-refractivity contribution in [2.24, 2.45) is 5.73 Å². The highest BCUT2D eigenvalue weighted by Crippen LogP contribution is 2.22. The highest BCUT2D eigenvalue weighted by molar-refractivity contribution is 6.20. The van der Waals surface area contributed by atoms with Gasteiger partial charge in [0.25, 0.3) is 11.8 Å². The van der Waals surface area contributed by atoms with Crippen molar-refractivity contribution in [3.8, 4) is 0 Å². The molecule has 5 nitrogen and oxygen atoms in total. The monoisotopic (exact) mass is 236 g/mol. The summed E-state index contributed by atoms with van der Waals surface area (Å²) in [5, 5.41) is 0.806. The smallest absolute Gasteiger partial charge is 0.285 e. The molecule has 1 aliphatic heterocycles. The Labute approximate surface area is 100 Å². The molecular formula is C12H16N2O3. The number of carbonyl (C=O) groups is 2. The van der Waals surface area contributed by atoms with Crippen molar-refractivity contribution in [1.82, 2.24) is 5.06 Å². The number of benzene rings is 1. The quantitative estimate of drug-likeness (QED) is 0.629. The van der Waals surface area contributed by atoms with Crippen LogP contribution in [0.1, 0.15) is 34.6 Å². The Hall–Kier alpha value is -1.72. The average Bonchev–Trinajstić information content (AvgIpc) is 2.55. The molecule has 5 heteroatoms. The van der Waals surface area contributed by atoms with Crippen LogP contribution in [0, 0.1) is 0 Å². The summed E-state index contributed by atoms with van der Waals surface area (Å²) in [4.78, 5) is 28.6. The van der Waals surface area contributed by atoms with Crippen LogP contribution in [0.25, 0.3) is 0 Å². The number of nitrogens with two attached hydrogens (primary N) is 1. The molecule has 0 saturated heterocycles. The molecule has 1 heterocycles. The third-order valence-corrected chi connectivity index (χ3v) is 2.33. The van der Waals surface area contributed by atoms with Crippen LogP contribution >= 0.6 is 0 Å². The van der Waals surface area contributed by atoms with Gasteiger partial charge in [-0.1, -0.05) is 19.6 Å². The van der Waals surface area contributed by atoms with Gasteiger partial charge in [0, 0.05) is 0 Å². The van der Waals surface area contributed by atoms with Crippen LogP contribution in [0.3, 0.4) is 0 Å². The first-order valence-corrected chi connectivity index (χ1v) is 5.06. The molecule has 1 aromatic carbocycles. The molecule has 2 N–H and O–H groups in total. The van der Waals surface area contributed by atoms with Crippen LogP contribution in [0.5, 0.6) is 0 Å². The largest absolute Gasteiger partial charge is 0.330 e. The van der Waals surface area contributed by atoms with E-state index in [0.717, 1.165) is 5.06 Å². The van der Waals surface area contributed by atoms with Crippen LogP contribution < -0.4 is 5.73 Å². The number of hydrogen-bond donors (Lipinski definition) is 1. The summed E-state index contributed by atoms with van der Waals surface area (Å²) < 4.78 is 0. The molecule has 0 saturated carbocycles. The van der Waals surface area contributed by atoms with E-state index in [-0.39, 0.29) is 14.0 Å². The van der Waals surface area contributed by atoms with Gasteiger partial charge in [0.15, 0.2) is 0 Å². The van der Waals surface area contributed by atoms with E-state index in [2.05, 4.69) is 0 Å². The molecule has 0 aliphatic carbocycles. The van der Waals surface area contributed by atoms with Gasteiger partial charge >= 0.3 is 0 Å². The van der Waals surface area contributed by atoms with Crippen molar-refractivity contribution in [3.05, 3.63) is 35.4 Å². The Morgan fingerprint density at radius 1 is 1.12 bits per heavy atom. The Balaban J connectivity index is 0.00000144. The first kappa shape index (κ1) is 13.3. The Kier molecular flexibility index (Phi) is 4.37. The Morgan fingerprint density at radius 3 is 2.12 bits per heavy atom. The fraction of sp³-hybridized carbons (Fsp3) is 0.333. The lowest BCUT2D eigenvalue weighted by Gasteiger charge is -2.12. The minimum atomic E-state index is -0.405. The van der Waals surface area contributed by atoms with Crippen molar-refractivity contribution in [3.63, 3.8) is 0 Å². The molecule has 2 rings (SSSR count). The van der Waals surface area contributed by atoms with E-state index in [4.69, 9.17) is 10.6 Å². The molecule has 2 amide bonds. The van der Waals surface area contributed by atoms with Gasteiger partial charge in [-0.05, 0) is 25.1 Å². The normalized spacial score (nSPS) is 13.6. The number of hydrogen-bond acceptors (Lipinski definition) is 4. The molecule has 0 radical (unpaired) electrons. The highest BCUT2D eigenvalue weighted by Gasteiger charge is 2.36. The van der Waals surface area contributed by atoms with Crippen molar-refractivity contribution >= 4 is 11.8 Å². The SMILES string of the molecule is C.NCCCON1C(=O)c2ccccc2C1=O. The summed E-state index contributed by atoms with van der Waals surface area (Å²) in [5.74, 6) is -0.810. The summed E-state index contributed by atoms with van der Waals surface area (Å²) in [5.41, 5.74) is 6.08. The van der Waals surface area contributed by atoms with Gasteiger partial charge in [-0.25, -0.2) is 0 Å². The minimum Gasteiger partial charge on any atom is -0.330 e. The van der Waals surface area contributed by atoms with Gasteiger partial charge in [0.2, 0.25) is 0 Å². The van der Waals surface area contributed by atoms with E-state index < -0.39 is 11.8 Å². The molecule has 0 spiro atoms. The number of nitrogens with zero attached hydrogens (tertiary/aromatic N) is 1. The fourth-order valence-corrected chi connectivity index (χ4v) is 1.52. The van der Waals surface area contributed by atoms with Crippen LogP contribution in [-0.2, 0) is 4.84 Å². The van der Waals surface area contributed by atoms with Gasteiger partial charge in [-0.15, -0.1) is 5.06 Å². The molecule has 1 aromatic rings. The third-order valence-electron chi connectivity index (χ3n) is 2.33. The van der Waals surface area contributed by atoms with E-state index >= 15 is 0 Å². The minimum absolute atomic E-state index is 0. The second kappa shape index (κ2) is 5.56. The zero-order valence-corrected chi connectivity index (χ0v) is 8.68. The molecule has 0 bridgehead atoms. The molecule has 0 fully saturated rings. The number of carbonyl (C=O) groups excluding carboxylic acids is 2. The number of amides is 2. The van der Waals surface area contributed by atoms with E-state index in [9.17, 15) is 9.59 Å². The second-order valence-corrected chi connectivity index (χ2v) is 3.43. The Morgan fingerprint density at radius 2 is 1.65 bits per heavy atom. The number of fused-ring (bicyclic) bond motifs is 1. The van der Waals surface area contributed by atoms with Gasteiger partial charge in [-0.3, -0.25) is 14.4 Å². The number of rotatable bonds is 4. The summed E-state index contributed by atoms with van der Waals surface area (Å²) in [6.45, 7) is 0.727. The summed E-state index contributed by atoms with van der Waals surface area (Å²) in [6.07, 6.45) is 0.605. The zero-order valence-electron chi connectivity index (χ0n) is 8.68. The fourth-order valence-electron chi connectivity index (χ4n) is 1.52. The van der Waals surface area contributed by atoms with Gasteiger partial charge in [0.1, 0.15) is 0 Å². The molecule has 0 atom stereocenters. The number of imide groups is 1. The van der Waals surface area contributed by atoms with Crippen LogP contribution in [0.15, 0.2) is 24.3 Å². The van der Waals surface area contributed by atoms with Gasteiger partial charge < -0.3 is 5.73 Å². The molecular weight excluding hydrogens is 220 g/mol. The first-order valence-electron chi connectivity index (χ1n) is 5.06. The summed E-state index contributed by atoms with van der Waals surface area (Å²) in [7, 11) is 0. The predicted octanol–water partition coefficient (Wildman–Crippen LogP) is 1.20. The maximum Gasteiger partial charge on any atom is 0.285 e. The molecule has 17 heavy (non-hydrogen) atoms. The zero-order chi connectivity index (χ0) is 11.5. The average molecular weight is 236 g/mol. The second-order valence-electron chi connectivity index (χ2n) is 3.43. The molecule has 1 aliphatic rings. The predicted molar refractivity (Wildman–Crippen MR) is 63.3 cm³/mol. The van der Waals surface area contributed by atoms with Crippen LogP contribution in [0.2, 0.25) is 0 Å². The van der Waals surface area contributed by atoms with Crippen LogP contribution in [0.4, 0.5) is 0 Å². The number of hydroxylamine groups is 2. The lowest BCUT2D eigenvalue weighted by atomic mass is 10.1. The summed E-state index contributed by atoms with van der Waals surface area (Å²) in [6, 6.07) is 6.66. The third kappa shape index (κ3) is 2.35. The van der Waals surface area contributed by atoms with E-state index in [1.807, 2.05) is 0 Å². The van der Waals surface area contributed by atoms with Crippen molar-refractivity contribution < 1.29 is 14.4 Å². The van der Waals surface area contributed by atoms with E-state index in [0.29, 0.717) is 24.1 Å². The van der Waals surface area contributed by atoms with Crippen molar-refractivity contribution in [2.45, 2.75) is 13.8 Å². The van der Waals surface area contributed by atoms with E-state index in [1.54, 1.807) is 24.3 Å². The first-order chi connectivity index (χ1) is 7.75. The maximum absolute atomic E-state index is 11.8. The van der Waals surface area contributed by atoms with E-state index in [1.165, 1.54) is 0 Å². The van der Waals surface area contributed by atoms with Crippen molar-refractivity contribution in [1.29, 1.82) is 0 Å². The van der Waals surface area contributed by atoms with Gasteiger partial charge in [-0.2, -0.15) is 0 Å². The lowest BCUT2D eigenvalue weighted by Crippen LogP contribution is -2.30. The molecule has 92 valence electrons. The standard InChI is InChI=1S/C11H12N2O3.CH4/c12-6-3-7-16-13-10(14)8-4-1-2-5-9(8)11(13)15;/h1-2,4-5H,3,6-7,12H2;1H4. The van der Waals surface area contributed by atoms with Crippen LogP contribution in [-0.4, -0.2) is 30.0 Å². The topological polar surface area (TPSA) is 72.6 Å². The maximum atomic E-state index is 11.8. The highest BCUT2D eigenvalue weighted by atomic mass is 16.7. The lowest BCUT2D eigenvalue weighted by molar-refractivity contribution is -0.0914.